The van der Waals surface area contributed by atoms with Crippen LogP contribution in [0.25, 0.3) is 22.4 Å². The molecule has 0 unspecified atom stereocenters. The molecule has 0 aliphatic rings. The van der Waals surface area contributed by atoms with Crippen LogP contribution in [0.3, 0.4) is 0 Å². The minimum Gasteiger partial charge on any atom is -0.494 e. The zero-order valence-corrected chi connectivity index (χ0v) is 21.6. The highest BCUT2D eigenvalue weighted by atomic mass is 19.4. The summed E-state index contributed by atoms with van der Waals surface area (Å²) in [5, 5.41) is 0.212. The van der Waals surface area contributed by atoms with Crippen molar-refractivity contribution in [2.24, 2.45) is 5.73 Å². The third kappa shape index (κ3) is 5.73. The van der Waals surface area contributed by atoms with Crippen LogP contribution in [-0.4, -0.2) is 47.5 Å². The number of aryl methyl sites for hydroxylation is 1. The van der Waals surface area contributed by atoms with Gasteiger partial charge in [0, 0.05) is 23.1 Å². The van der Waals surface area contributed by atoms with E-state index in [0.29, 0.717) is 5.56 Å². The van der Waals surface area contributed by atoms with Gasteiger partial charge in [0.1, 0.15) is 29.3 Å². The van der Waals surface area contributed by atoms with Gasteiger partial charge < -0.3 is 24.5 Å². The molecular formula is C27H24F4N4O5. The van der Waals surface area contributed by atoms with Crippen molar-refractivity contribution in [3.8, 4) is 17.2 Å². The lowest BCUT2D eigenvalue weighted by atomic mass is 10.1. The maximum atomic E-state index is 14.6. The number of carbonyl (C=O) groups excluding carboxylic acids is 2. The van der Waals surface area contributed by atoms with Crippen molar-refractivity contribution >= 4 is 22.8 Å². The van der Waals surface area contributed by atoms with Crippen LogP contribution in [-0.2, 0) is 28.8 Å². The Labute approximate surface area is 225 Å². The zero-order valence-electron chi connectivity index (χ0n) is 21.6. The molecule has 210 valence electrons. The van der Waals surface area contributed by atoms with E-state index in [-0.39, 0.29) is 58.2 Å². The summed E-state index contributed by atoms with van der Waals surface area (Å²) < 4.78 is 70.2. The van der Waals surface area contributed by atoms with Gasteiger partial charge in [-0.05, 0) is 42.8 Å². The number of nitrogens with zero attached hydrogens (tertiary/aromatic N) is 3. The molecule has 1 amide bonds. The topological polar surface area (TPSA) is 121 Å². The van der Waals surface area contributed by atoms with Gasteiger partial charge in [-0.2, -0.15) is 13.2 Å². The number of benzene rings is 2. The van der Waals surface area contributed by atoms with Crippen LogP contribution >= 0.6 is 0 Å². The van der Waals surface area contributed by atoms with E-state index in [1.807, 2.05) is 0 Å². The van der Waals surface area contributed by atoms with E-state index in [1.165, 1.54) is 37.4 Å². The molecule has 0 spiro atoms. The fourth-order valence-electron chi connectivity index (χ4n) is 4.03. The van der Waals surface area contributed by atoms with Crippen molar-refractivity contribution in [3.05, 3.63) is 76.6 Å². The molecule has 2 N–H and O–H groups in total. The Morgan fingerprint density at radius 1 is 1.07 bits per heavy atom. The minimum atomic E-state index is -4.69. The lowest BCUT2D eigenvalue weighted by Gasteiger charge is -2.21. The van der Waals surface area contributed by atoms with Gasteiger partial charge in [-0.25, -0.2) is 14.4 Å². The Morgan fingerprint density at radius 3 is 2.45 bits per heavy atom. The number of hydrogen-bond acceptors (Lipinski definition) is 8. The largest absolute Gasteiger partial charge is 0.494 e. The molecule has 0 aliphatic carbocycles. The Balaban J connectivity index is 1.79. The first-order chi connectivity index (χ1) is 19.0. The maximum absolute atomic E-state index is 14.6. The molecule has 0 aliphatic heterocycles. The number of ether oxygens (including phenoxy) is 2. The van der Waals surface area contributed by atoms with E-state index in [1.54, 1.807) is 13.0 Å². The predicted octanol–water partition coefficient (Wildman–Crippen LogP) is 4.64. The highest BCUT2D eigenvalue weighted by Gasteiger charge is 2.33. The summed E-state index contributed by atoms with van der Waals surface area (Å²) in [7, 11) is 2.43. The van der Waals surface area contributed by atoms with Crippen LogP contribution in [0, 0.1) is 12.7 Å². The summed E-state index contributed by atoms with van der Waals surface area (Å²) in [6.45, 7) is 0.618. The number of alkyl halides is 3. The van der Waals surface area contributed by atoms with Crippen molar-refractivity contribution in [1.82, 2.24) is 14.9 Å². The highest BCUT2D eigenvalue weighted by molar-refractivity contribution is 5.98. The van der Waals surface area contributed by atoms with Gasteiger partial charge in [-0.3, -0.25) is 9.59 Å². The second-order valence-electron chi connectivity index (χ2n) is 8.73. The monoisotopic (exact) mass is 560 g/mol. The Morgan fingerprint density at radius 2 is 1.82 bits per heavy atom. The Kier molecular flexibility index (Phi) is 8.05. The molecule has 40 heavy (non-hydrogen) atoms. The molecule has 4 aromatic rings. The van der Waals surface area contributed by atoms with Crippen LogP contribution in [0.4, 0.5) is 17.6 Å². The molecular weight excluding hydrogens is 536 g/mol. The van der Waals surface area contributed by atoms with Gasteiger partial charge in [0.2, 0.25) is 5.89 Å². The van der Waals surface area contributed by atoms with Crippen molar-refractivity contribution in [3.63, 3.8) is 0 Å². The second-order valence-corrected chi connectivity index (χ2v) is 8.73. The van der Waals surface area contributed by atoms with Gasteiger partial charge in [0.25, 0.3) is 5.91 Å². The fraction of sp³-hybridized carbons (Fsp3) is 0.259. The molecule has 0 saturated carbocycles. The normalized spacial score (nSPS) is 11.5. The van der Waals surface area contributed by atoms with Crippen LogP contribution in [0.5, 0.6) is 5.75 Å². The van der Waals surface area contributed by atoms with E-state index < -0.39 is 36.1 Å². The van der Waals surface area contributed by atoms with E-state index in [4.69, 9.17) is 19.6 Å². The Bertz CT molecular complexity index is 1590. The number of amides is 1. The van der Waals surface area contributed by atoms with Gasteiger partial charge in [-0.1, -0.05) is 12.1 Å². The first kappa shape index (κ1) is 28.5. The SMILES string of the molecule is COC(=O)CN(Cc1ccc(C)cc1F)C(=O)c1nc(-c2ccc(OC)c3nc(C(F)(F)F)ccc23)oc1CN. The summed E-state index contributed by atoms with van der Waals surface area (Å²) in [4.78, 5) is 34.7. The number of methoxy groups -OCH3 is 2. The van der Waals surface area contributed by atoms with Crippen LogP contribution in [0.2, 0.25) is 0 Å². The molecule has 9 nitrogen and oxygen atoms in total. The summed E-state index contributed by atoms with van der Waals surface area (Å²) >= 11 is 0. The predicted molar refractivity (Wildman–Crippen MR) is 135 cm³/mol. The first-order valence-corrected chi connectivity index (χ1v) is 11.8. The summed E-state index contributed by atoms with van der Waals surface area (Å²) in [6, 6.07) is 9.33. The number of rotatable bonds is 8. The van der Waals surface area contributed by atoms with Gasteiger partial charge in [0.15, 0.2) is 11.5 Å². The van der Waals surface area contributed by atoms with Gasteiger partial charge in [-0.15, -0.1) is 0 Å². The molecule has 13 heteroatoms. The Hall–Kier alpha value is -4.52. The number of oxazole rings is 1. The van der Waals surface area contributed by atoms with Gasteiger partial charge in [0.05, 0.1) is 20.8 Å². The first-order valence-electron chi connectivity index (χ1n) is 11.8. The standard InChI is InChI=1S/C27H24F4N4O5/c1-14-4-5-15(18(28)10-14)12-35(13-22(36)39-3)26(37)24-20(11-32)40-25(34-24)17-6-8-19(38-2)23-16(17)7-9-21(33-23)27(29,30)31/h4-10H,11-13,32H2,1-3H3. The van der Waals surface area contributed by atoms with E-state index in [0.717, 1.165) is 18.1 Å². The van der Waals surface area contributed by atoms with Crippen LogP contribution < -0.4 is 10.5 Å². The molecule has 0 fully saturated rings. The van der Waals surface area contributed by atoms with Crippen LogP contribution in [0.1, 0.15) is 33.1 Å². The average molecular weight is 561 g/mol. The quantitative estimate of drug-likeness (QED) is 0.245. The van der Waals surface area contributed by atoms with Gasteiger partial charge >= 0.3 is 12.1 Å². The van der Waals surface area contributed by atoms with Crippen molar-refractivity contribution in [2.75, 3.05) is 20.8 Å². The van der Waals surface area contributed by atoms with Crippen molar-refractivity contribution in [2.45, 2.75) is 26.2 Å². The third-order valence-electron chi connectivity index (χ3n) is 6.05. The number of carbonyl (C=O) groups is 2. The molecule has 4 rings (SSSR count). The van der Waals surface area contributed by atoms with E-state index >= 15 is 0 Å². The second kappa shape index (κ2) is 11.3. The number of nitrogens with two attached hydrogens (primary N) is 1. The summed E-state index contributed by atoms with van der Waals surface area (Å²) in [5.74, 6) is -2.22. The lowest BCUT2D eigenvalue weighted by Crippen LogP contribution is -2.36. The molecule has 2 aromatic carbocycles. The van der Waals surface area contributed by atoms with E-state index in [2.05, 4.69) is 9.97 Å². The molecule has 2 heterocycles. The van der Waals surface area contributed by atoms with Crippen LogP contribution in [0.15, 0.2) is 46.9 Å². The molecule has 2 aromatic heterocycles. The highest BCUT2D eigenvalue weighted by Crippen LogP contribution is 2.37. The minimum absolute atomic E-state index is 0.0527. The molecule has 0 bridgehead atoms. The number of pyridine rings is 1. The molecule has 0 atom stereocenters. The fourth-order valence-corrected chi connectivity index (χ4v) is 4.03. The molecule has 0 saturated heterocycles. The molecule has 0 radical (unpaired) electrons. The third-order valence-corrected chi connectivity index (χ3v) is 6.05. The van der Waals surface area contributed by atoms with Crippen molar-refractivity contribution < 1.29 is 41.0 Å². The summed E-state index contributed by atoms with van der Waals surface area (Å²) in [5.41, 5.74) is 5.37. The number of halogens is 4. The van der Waals surface area contributed by atoms with E-state index in [9.17, 15) is 27.2 Å². The van der Waals surface area contributed by atoms with Crippen molar-refractivity contribution in [1.29, 1.82) is 0 Å². The average Bonchev–Trinajstić information content (AvgIpc) is 3.36. The number of esters is 1. The number of hydrogen-bond donors (Lipinski definition) is 1. The number of aromatic nitrogens is 2. The summed E-state index contributed by atoms with van der Waals surface area (Å²) in [6.07, 6.45) is -4.69. The lowest BCUT2D eigenvalue weighted by molar-refractivity contribution is -0.142. The smallest absolute Gasteiger partial charge is 0.433 e. The number of fused-ring (bicyclic) bond motifs is 1. The zero-order chi connectivity index (χ0) is 29.2. The maximum Gasteiger partial charge on any atom is 0.433 e.